The molecule has 0 heterocycles. The second kappa shape index (κ2) is 4.66. The maximum absolute atomic E-state index is 9.72. The highest BCUT2D eigenvalue weighted by Gasteiger charge is 2.64. The zero-order valence-corrected chi connectivity index (χ0v) is 12.0. The van der Waals surface area contributed by atoms with E-state index in [2.05, 4.69) is 5.32 Å². The quantitative estimate of drug-likeness (QED) is 0.866. The fraction of sp³-hybridized carbons (Fsp3) is 0.647. The molecule has 1 aromatic carbocycles. The second-order valence-corrected chi connectivity index (χ2v) is 6.63. The Morgan fingerprint density at radius 3 is 2.70 bits per heavy atom. The lowest BCUT2D eigenvalue weighted by Gasteiger charge is -2.12. The standard InChI is InChI=1S/C17H23NO2/c1-2-20-14-7-10(3-6-13(14)19)9-18-17-15-11-4-5-12(8-11)16(15)17/h3,6-7,11-12,15-19H,2,4-5,8-9H2,1H3. The number of aromatic hydroxyl groups is 1. The van der Waals surface area contributed by atoms with Gasteiger partial charge < -0.3 is 15.2 Å². The summed E-state index contributed by atoms with van der Waals surface area (Å²) in [7, 11) is 0. The van der Waals surface area contributed by atoms with Gasteiger partial charge in [0, 0.05) is 12.6 Å². The van der Waals surface area contributed by atoms with Crippen LogP contribution in [0, 0.1) is 23.7 Å². The van der Waals surface area contributed by atoms with Gasteiger partial charge in [-0.05, 0) is 67.6 Å². The first kappa shape index (κ1) is 12.5. The Balaban J connectivity index is 1.37. The lowest BCUT2D eigenvalue weighted by molar-refractivity contribution is 0.317. The molecular weight excluding hydrogens is 250 g/mol. The largest absolute Gasteiger partial charge is 0.504 e. The van der Waals surface area contributed by atoms with E-state index in [0.717, 1.165) is 36.3 Å². The number of phenolic OH excluding ortho intramolecular Hbond substituents is 1. The third-order valence-electron chi connectivity index (χ3n) is 5.60. The van der Waals surface area contributed by atoms with Crippen molar-refractivity contribution in [3.8, 4) is 11.5 Å². The van der Waals surface area contributed by atoms with Crippen molar-refractivity contribution in [2.24, 2.45) is 23.7 Å². The third kappa shape index (κ3) is 1.91. The molecule has 108 valence electrons. The minimum atomic E-state index is 0.233. The van der Waals surface area contributed by atoms with E-state index in [1.165, 1.54) is 24.8 Å². The molecule has 1 aromatic rings. The lowest BCUT2D eigenvalue weighted by atomic mass is 10.0. The summed E-state index contributed by atoms with van der Waals surface area (Å²) < 4.78 is 5.44. The van der Waals surface area contributed by atoms with Crippen LogP contribution in [0.2, 0.25) is 0 Å². The van der Waals surface area contributed by atoms with E-state index < -0.39 is 0 Å². The Labute approximate surface area is 120 Å². The van der Waals surface area contributed by atoms with Crippen molar-refractivity contribution in [2.75, 3.05) is 6.61 Å². The molecule has 4 rings (SSSR count). The van der Waals surface area contributed by atoms with Crippen LogP contribution in [0.25, 0.3) is 0 Å². The minimum Gasteiger partial charge on any atom is -0.504 e. The van der Waals surface area contributed by atoms with Crippen LogP contribution < -0.4 is 10.1 Å². The van der Waals surface area contributed by atoms with Crippen LogP contribution in [0.4, 0.5) is 0 Å². The smallest absolute Gasteiger partial charge is 0.161 e. The molecule has 3 aliphatic carbocycles. The van der Waals surface area contributed by atoms with Gasteiger partial charge in [-0.25, -0.2) is 0 Å². The monoisotopic (exact) mass is 273 g/mol. The molecule has 0 spiro atoms. The molecule has 2 N–H and O–H groups in total. The number of fused-ring (bicyclic) bond motifs is 5. The predicted octanol–water partition coefficient (Wildman–Crippen LogP) is 2.93. The summed E-state index contributed by atoms with van der Waals surface area (Å²) in [5.41, 5.74) is 1.20. The molecular formula is C17H23NO2. The number of phenols is 1. The normalized spacial score (nSPS) is 37.0. The van der Waals surface area contributed by atoms with Gasteiger partial charge in [0.05, 0.1) is 6.61 Å². The van der Waals surface area contributed by atoms with Gasteiger partial charge in [0.15, 0.2) is 11.5 Å². The maximum atomic E-state index is 9.72. The summed E-state index contributed by atoms with van der Waals surface area (Å²) in [6.45, 7) is 3.41. The highest BCUT2D eigenvalue weighted by Crippen LogP contribution is 2.65. The number of rotatable bonds is 5. The summed E-state index contributed by atoms with van der Waals surface area (Å²) in [5, 5.41) is 13.4. The number of nitrogens with one attached hydrogen (secondary N) is 1. The minimum absolute atomic E-state index is 0.233. The summed E-state index contributed by atoms with van der Waals surface area (Å²) >= 11 is 0. The fourth-order valence-electron chi connectivity index (χ4n) is 4.77. The number of benzene rings is 1. The zero-order chi connectivity index (χ0) is 13.7. The van der Waals surface area contributed by atoms with Crippen LogP contribution in [0.1, 0.15) is 31.7 Å². The van der Waals surface area contributed by atoms with Crippen molar-refractivity contribution < 1.29 is 9.84 Å². The highest BCUT2D eigenvalue weighted by atomic mass is 16.5. The van der Waals surface area contributed by atoms with Crippen LogP contribution in [-0.4, -0.2) is 17.8 Å². The molecule has 3 heteroatoms. The van der Waals surface area contributed by atoms with E-state index >= 15 is 0 Å². The number of hydrogen-bond acceptors (Lipinski definition) is 3. The molecule has 0 aromatic heterocycles. The topological polar surface area (TPSA) is 41.5 Å². The van der Waals surface area contributed by atoms with Gasteiger partial charge >= 0.3 is 0 Å². The molecule has 0 aliphatic heterocycles. The Hall–Kier alpha value is -1.22. The van der Waals surface area contributed by atoms with Crippen LogP contribution in [0.15, 0.2) is 18.2 Å². The first-order valence-electron chi connectivity index (χ1n) is 7.96. The molecule has 3 fully saturated rings. The highest BCUT2D eigenvalue weighted by molar-refractivity contribution is 5.41. The molecule has 3 aliphatic rings. The Morgan fingerprint density at radius 1 is 1.25 bits per heavy atom. The van der Waals surface area contributed by atoms with Crippen molar-refractivity contribution in [3.63, 3.8) is 0 Å². The van der Waals surface area contributed by atoms with Crippen LogP contribution in [-0.2, 0) is 6.54 Å². The maximum Gasteiger partial charge on any atom is 0.161 e. The van der Waals surface area contributed by atoms with E-state index in [1.54, 1.807) is 6.07 Å². The molecule has 0 saturated heterocycles. The molecule has 3 saturated carbocycles. The van der Waals surface area contributed by atoms with E-state index in [4.69, 9.17) is 4.74 Å². The van der Waals surface area contributed by atoms with Crippen molar-refractivity contribution >= 4 is 0 Å². The third-order valence-corrected chi connectivity index (χ3v) is 5.60. The Kier molecular flexibility index (Phi) is 2.92. The molecule has 0 amide bonds. The fourth-order valence-corrected chi connectivity index (χ4v) is 4.77. The lowest BCUT2D eigenvalue weighted by Crippen LogP contribution is -2.22. The summed E-state index contributed by atoms with van der Waals surface area (Å²) in [4.78, 5) is 0. The van der Waals surface area contributed by atoms with Gasteiger partial charge in [-0.15, -0.1) is 0 Å². The van der Waals surface area contributed by atoms with Gasteiger partial charge in [0.2, 0.25) is 0 Å². The van der Waals surface area contributed by atoms with Crippen LogP contribution in [0.5, 0.6) is 11.5 Å². The molecule has 0 radical (unpaired) electrons. The van der Waals surface area contributed by atoms with Crippen LogP contribution >= 0.6 is 0 Å². The first-order valence-corrected chi connectivity index (χ1v) is 7.96. The first-order chi connectivity index (χ1) is 9.78. The summed E-state index contributed by atoms with van der Waals surface area (Å²) in [6, 6.07) is 6.43. The summed E-state index contributed by atoms with van der Waals surface area (Å²) in [5.74, 6) is 4.80. The van der Waals surface area contributed by atoms with Gasteiger partial charge in [-0.1, -0.05) is 6.07 Å². The molecule has 4 atom stereocenters. The van der Waals surface area contributed by atoms with E-state index in [0.29, 0.717) is 12.4 Å². The van der Waals surface area contributed by atoms with Crippen molar-refractivity contribution in [2.45, 2.75) is 38.8 Å². The Bertz CT molecular complexity index is 500. The van der Waals surface area contributed by atoms with Crippen LogP contribution in [0.3, 0.4) is 0 Å². The van der Waals surface area contributed by atoms with Crippen molar-refractivity contribution in [1.29, 1.82) is 0 Å². The molecule has 2 bridgehead atoms. The molecule has 4 unspecified atom stereocenters. The van der Waals surface area contributed by atoms with E-state index in [-0.39, 0.29) is 5.75 Å². The average Bonchev–Trinajstić information content (AvgIpc) is 2.84. The second-order valence-electron chi connectivity index (χ2n) is 6.63. The molecule has 3 nitrogen and oxygen atoms in total. The van der Waals surface area contributed by atoms with Gasteiger partial charge in [-0.3, -0.25) is 0 Å². The summed E-state index contributed by atoms with van der Waals surface area (Å²) in [6.07, 6.45) is 4.44. The van der Waals surface area contributed by atoms with Gasteiger partial charge in [0.25, 0.3) is 0 Å². The van der Waals surface area contributed by atoms with Crippen molar-refractivity contribution in [3.05, 3.63) is 23.8 Å². The number of hydrogen-bond donors (Lipinski definition) is 2. The average molecular weight is 273 g/mol. The number of ether oxygens (including phenoxy) is 1. The predicted molar refractivity (Wildman–Crippen MR) is 77.7 cm³/mol. The van der Waals surface area contributed by atoms with E-state index in [1.807, 2.05) is 19.1 Å². The van der Waals surface area contributed by atoms with Gasteiger partial charge in [-0.2, -0.15) is 0 Å². The van der Waals surface area contributed by atoms with Gasteiger partial charge in [0.1, 0.15) is 0 Å². The van der Waals surface area contributed by atoms with E-state index in [9.17, 15) is 5.11 Å². The van der Waals surface area contributed by atoms with Crippen molar-refractivity contribution in [1.82, 2.24) is 5.32 Å². The zero-order valence-electron chi connectivity index (χ0n) is 12.0. The Morgan fingerprint density at radius 2 is 2.00 bits per heavy atom. The molecule has 20 heavy (non-hydrogen) atoms. The SMILES string of the molecule is CCOc1cc(CNC2C3C4CCC(C4)C23)ccc1O.